The Morgan fingerprint density at radius 2 is 1.98 bits per heavy atom. The molecule has 1 spiro atoms. The molecule has 3 aliphatic heterocycles. The SMILES string of the molecule is CCc1nc(N2C[C@@H](Oc3ncc(C#Cc4cccnc4C)cc3N3CCOC4(COC4)[C@@H]3C)C[C@H]2C(=O)O)c2oc3ccccc3c2n1. The van der Waals surface area contributed by atoms with Gasteiger partial charge in [0, 0.05) is 48.3 Å². The summed E-state index contributed by atoms with van der Waals surface area (Å²) in [4.78, 5) is 35.4. The molecular weight excluding hydrogens is 624 g/mol. The van der Waals surface area contributed by atoms with Crippen LogP contribution in [-0.4, -0.2) is 87.7 Å². The number of furan rings is 1. The van der Waals surface area contributed by atoms with Crippen molar-refractivity contribution in [3.8, 4) is 17.7 Å². The van der Waals surface area contributed by atoms with E-state index in [1.165, 1.54) is 0 Å². The highest BCUT2D eigenvalue weighted by Crippen LogP contribution is 2.40. The summed E-state index contributed by atoms with van der Waals surface area (Å²) >= 11 is 0. The maximum absolute atomic E-state index is 12.7. The number of carboxylic acid groups (broad SMARTS) is 1. The van der Waals surface area contributed by atoms with E-state index < -0.39 is 23.7 Å². The molecule has 250 valence electrons. The van der Waals surface area contributed by atoms with Crippen LogP contribution in [0.1, 0.15) is 42.9 Å². The Kier molecular flexibility index (Phi) is 7.81. The number of morpholine rings is 1. The first kappa shape index (κ1) is 31.0. The number of rotatable bonds is 6. The summed E-state index contributed by atoms with van der Waals surface area (Å²) < 4.78 is 24.7. The summed E-state index contributed by atoms with van der Waals surface area (Å²) in [7, 11) is 0. The van der Waals surface area contributed by atoms with Crippen molar-refractivity contribution in [2.24, 2.45) is 0 Å². The summed E-state index contributed by atoms with van der Waals surface area (Å²) in [6.07, 6.45) is 3.75. The number of para-hydroxylation sites is 1. The largest absolute Gasteiger partial charge is 0.480 e. The average Bonchev–Trinajstić information content (AvgIpc) is 3.69. The Hall–Kier alpha value is -5.25. The second-order valence-corrected chi connectivity index (χ2v) is 12.8. The lowest BCUT2D eigenvalue weighted by atomic mass is 9.90. The van der Waals surface area contributed by atoms with Gasteiger partial charge in [-0.3, -0.25) is 4.98 Å². The number of benzene rings is 1. The van der Waals surface area contributed by atoms with Crippen molar-refractivity contribution in [1.29, 1.82) is 0 Å². The third kappa shape index (κ3) is 5.49. The second kappa shape index (κ2) is 12.3. The first-order valence-corrected chi connectivity index (χ1v) is 16.6. The molecule has 7 heterocycles. The second-order valence-electron chi connectivity index (χ2n) is 12.8. The van der Waals surface area contributed by atoms with E-state index in [2.05, 4.69) is 28.6 Å². The summed E-state index contributed by atoms with van der Waals surface area (Å²) in [6, 6.07) is 12.5. The van der Waals surface area contributed by atoms with E-state index in [0.29, 0.717) is 67.0 Å². The van der Waals surface area contributed by atoms with Crippen molar-refractivity contribution >= 4 is 39.5 Å². The van der Waals surface area contributed by atoms with Crippen LogP contribution in [0.5, 0.6) is 5.88 Å². The highest BCUT2D eigenvalue weighted by Gasteiger charge is 2.50. The molecule has 3 aliphatic rings. The van der Waals surface area contributed by atoms with Crippen LogP contribution >= 0.6 is 0 Å². The average molecular weight is 661 g/mol. The number of aliphatic carboxylic acids is 1. The zero-order valence-corrected chi connectivity index (χ0v) is 27.5. The van der Waals surface area contributed by atoms with Gasteiger partial charge in [0.1, 0.15) is 40.4 Å². The van der Waals surface area contributed by atoms with Crippen LogP contribution in [-0.2, 0) is 20.7 Å². The number of pyridine rings is 2. The Bertz CT molecular complexity index is 2130. The molecule has 0 saturated carbocycles. The lowest BCUT2D eigenvalue weighted by Crippen LogP contribution is -2.68. The predicted octanol–water partition coefficient (Wildman–Crippen LogP) is 4.54. The Morgan fingerprint density at radius 3 is 2.76 bits per heavy atom. The van der Waals surface area contributed by atoms with Crippen molar-refractivity contribution in [3.05, 3.63) is 77.5 Å². The van der Waals surface area contributed by atoms with Crippen molar-refractivity contribution in [3.63, 3.8) is 0 Å². The summed E-state index contributed by atoms with van der Waals surface area (Å²) in [5.74, 6) is 6.99. The summed E-state index contributed by atoms with van der Waals surface area (Å²) in [6.45, 7) is 8.47. The van der Waals surface area contributed by atoms with Gasteiger partial charge in [0.05, 0.1) is 38.1 Å². The van der Waals surface area contributed by atoms with Gasteiger partial charge in [-0.1, -0.05) is 30.9 Å². The van der Waals surface area contributed by atoms with E-state index in [0.717, 1.165) is 27.9 Å². The van der Waals surface area contributed by atoms with Gasteiger partial charge in [0.15, 0.2) is 11.4 Å². The number of fused-ring (bicyclic) bond motifs is 3. The van der Waals surface area contributed by atoms with Crippen LogP contribution in [0.25, 0.3) is 22.1 Å². The fourth-order valence-electron chi connectivity index (χ4n) is 6.95. The van der Waals surface area contributed by atoms with Gasteiger partial charge in [-0.15, -0.1) is 0 Å². The van der Waals surface area contributed by atoms with Crippen molar-refractivity contribution in [2.45, 2.75) is 57.4 Å². The van der Waals surface area contributed by atoms with Crippen LogP contribution in [0.3, 0.4) is 0 Å². The van der Waals surface area contributed by atoms with Gasteiger partial charge < -0.3 is 33.5 Å². The number of carbonyl (C=O) groups is 1. The standard InChI is InChI=1S/C37H36N6O6/c1-4-31-40-32-27-9-5-6-10-30(27)49-33(32)34(41-31)43-19-26(17-29(43)36(44)45)48-35-28(42-14-15-47-37(23(42)3)20-46-21-37)16-24(18-39-35)11-12-25-8-7-13-38-22(25)2/h5-10,13,16,18,23,26,29H,4,14-15,17,19-21H2,1-3H3,(H,44,45)/t23-,26-,29-/m0/s1. The van der Waals surface area contributed by atoms with Crippen molar-refractivity contribution in [2.75, 3.05) is 42.7 Å². The van der Waals surface area contributed by atoms with E-state index in [1.54, 1.807) is 17.3 Å². The van der Waals surface area contributed by atoms with Gasteiger partial charge in [-0.05, 0) is 44.2 Å². The molecule has 5 aromatic rings. The Balaban J connectivity index is 1.15. The highest BCUT2D eigenvalue weighted by molar-refractivity contribution is 6.06. The number of hydrogen-bond donors (Lipinski definition) is 1. The van der Waals surface area contributed by atoms with E-state index in [9.17, 15) is 9.90 Å². The van der Waals surface area contributed by atoms with E-state index in [4.69, 9.17) is 33.6 Å². The molecule has 0 aliphatic carbocycles. The van der Waals surface area contributed by atoms with Crippen LogP contribution in [0, 0.1) is 18.8 Å². The molecule has 1 N–H and O–H groups in total. The lowest BCUT2D eigenvalue weighted by molar-refractivity contribution is -0.228. The number of hydrogen-bond acceptors (Lipinski definition) is 11. The Morgan fingerprint density at radius 1 is 1.12 bits per heavy atom. The number of carboxylic acids is 1. The van der Waals surface area contributed by atoms with Gasteiger partial charge in [0.25, 0.3) is 0 Å². The van der Waals surface area contributed by atoms with Gasteiger partial charge in [-0.2, -0.15) is 0 Å². The molecule has 0 radical (unpaired) electrons. The first-order valence-electron chi connectivity index (χ1n) is 16.6. The number of aryl methyl sites for hydroxylation is 2. The molecule has 3 fully saturated rings. The van der Waals surface area contributed by atoms with E-state index >= 15 is 0 Å². The highest BCUT2D eigenvalue weighted by atomic mass is 16.6. The summed E-state index contributed by atoms with van der Waals surface area (Å²) in [5, 5.41) is 11.3. The first-order chi connectivity index (χ1) is 23.8. The van der Waals surface area contributed by atoms with Crippen LogP contribution in [0.15, 0.2) is 59.3 Å². The molecule has 8 rings (SSSR count). The molecule has 49 heavy (non-hydrogen) atoms. The smallest absolute Gasteiger partial charge is 0.326 e. The number of nitrogens with zero attached hydrogens (tertiary/aromatic N) is 6. The Labute approximate surface area is 283 Å². The van der Waals surface area contributed by atoms with E-state index in [1.807, 2.05) is 56.3 Å². The number of anilines is 2. The van der Waals surface area contributed by atoms with Crippen LogP contribution in [0.2, 0.25) is 0 Å². The third-order valence-corrected chi connectivity index (χ3v) is 9.80. The van der Waals surface area contributed by atoms with Crippen molar-refractivity contribution in [1.82, 2.24) is 19.9 Å². The molecule has 12 heteroatoms. The third-order valence-electron chi connectivity index (χ3n) is 9.80. The maximum atomic E-state index is 12.7. The fourth-order valence-corrected chi connectivity index (χ4v) is 6.95. The minimum absolute atomic E-state index is 0.0235. The normalized spacial score (nSPS) is 21.5. The molecule has 0 bridgehead atoms. The molecule has 12 nitrogen and oxygen atoms in total. The van der Waals surface area contributed by atoms with Gasteiger partial charge >= 0.3 is 5.97 Å². The zero-order valence-electron chi connectivity index (χ0n) is 27.5. The number of aromatic nitrogens is 4. The predicted molar refractivity (Wildman–Crippen MR) is 182 cm³/mol. The minimum atomic E-state index is -0.967. The topological polar surface area (TPSA) is 136 Å². The molecule has 0 amide bonds. The lowest BCUT2D eigenvalue weighted by Gasteiger charge is -2.53. The van der Waals surface area contributed by atoms with Crippen LogP contribution < -0.4 is 14.5 Å². The van der Waals surface area contributed by atoms with E-state index in [-0.39, 0.29) is 19.0 Å². The van der Waals surface area contributed by atoms with Gasteiger partial charge in [-0.25, -0.2) is 19.7 Å². The molecule has 1 aromatic carbocycles. The molecular formula is C37H36N6O6. The number of ether oxygens (including phenoxy) is 3. The van der Waals surface area contributed by atoms with Gasteiger partial charge in [0.2, 0.25) is 5.88 Å². The van der Waals surface area contributed by atoms with Crippen molar-refractivity contribution < 1.29 is 28.5 Å². The molecule has 3 saturated heterocycles. The molecule has 4 aromatic heterocycles. The van der Waals surface area contributed by atoms with Crippen LogP contribution in [0.4, 0.5) is 11.5 Å². The molecule has 0 unspecified atom stereocenters. The quantitative estimate of drug-likeness (QED) is 0.256. The maximum Gasteiger partial charge on any atom is 0.326 e. The minimum Gasteiger partial charge on any atom is -0.480 e. The molecule has 3 atom stereocenters. The fraction of sp³-hybridized carbons (Fsp3) is 0.378. The summed E-state index contributed by atoms with van der Waals surface area (Å²) in [5.41, 5.74) is 4.58. The monoisotopic (exact) mass is 660 g/mol. The zero-order chi connectivity index (χ0) is 33.7.